The zero-order valence-corrected chi connectivity index (χ0v) is 56.4. The van der Waals surface area contributed by atoms with E-state index in [0.29, 0.717) is 27.7 Å². The molecule has 8 bridgehead atoms. The van der Waals surface area contributed by atoms with Crippen LogP contribution in [0.4, 0.5) is 34.1 Å². The van der Waals surface area contributed by atoms with Gasteiger partial charge < -0.3 is 45.5 Å². The molecule has 10 rings (SSSR count). The number of amides is 3. The maximum Gasteiger partial charge on any atom is 0.280 e. The summed E-state index contributed by atoms with van der Waals surface area (Å²) in [7, 11) is -37.7. The molecule has 3 amide bonds. The predicted octanol–water partition coefficient (Wildman–Crippen LogP) is 9.09. The van der Waals surface area contributed by atoms with Crippen LogP contribution < -0.4 is 15.0 Å². The average molecular weight is 1500 g/mol. The molecule has 4 N–H and O–H groups in total. The van der Waals surface area contributed by atoms with Crippen molar-refractivity contribution in [3.8, 4) is 0 Å². The third-order valence-corrected chi connectivity index (χ3v) is 28.5. The first-order valence-electron chi connectivity index (χ1n) is 26.4. The topological polar surface area (TPSA) is 528 Å². The molecular weight excluding hydrogens is 1450 g/mol. The quantitative estimate of drug-likeness (QED) is 0.0922. The summed E-state index contributed by atoms with van der Waals surface area (Å²) in [6, 6.07) is 12.5. The molecule has 0 saturated carbocycles. The number of rotatable bonds is 5. The number of halogens is 3. The van der Waals surface area contributed by atoms with Gasteiger partial charge in [-0.05, 0) is 188 Å². The molecule has 3 unspecified atom stereocenters. The van der Waals surface area contributed by atoms with E-state index in [4.69, 9.17) is 34.8 Å². The fourth-order valence-electron chi connectivity index (χ4n) is 9.49. The molecule has 0 spiro atoms. The molecule has 42 heteroatoms. The zero-order chi connectivity index (χ0) is 70.6. The Labute approximate surface area is 560 Å². The van der Waals surface area contributed by atoms with Gasteiger partial charge in [-0.2, -0.15) is 61.0 Å². The number of hydrogen-bond acceptors (Lipinski definition) is 26. The van der Waals surface area contributed by atoms with Gasteiger partial charge in [0.2, 0.25) is 0 Å². The molecule has 96 heavy (non-hydrogen) atoms. The van der Waals surface area contributed by atoms with E-state index in [1.807, 2.05) is 0 Å². The van der Waals surface area contributed by atoms with Gasteiger partial charge in [-0.3, -0.25) is 31.2 Å². The highest BCUT2D eigenvalue weighted by atomic mass is 35.5. The molecule has 4 aliphatic rings. The number of hydrazone groups is 3. The van der Waals surface area contributed by atoms with Crippen LogP contribution in [0.5, 0.6) is 0 Å². The lowest BCUT2D eigenvalue weighted by Crippen LogP contribution is -2.50. The summed E-state index contributed by atoms with van der Waals surface area (Å²) in [6.07, 6.45) is 0. The van der Waals surface area contributed by atoms with Crippen molar-refractivity contribution in [2.24, 2.45) is 46.0 Å². The van der Waals surface area contributed by atoms with E-state index < -0.39 is 157 Å². The third kappa shape index (κ3) is 15.0. The Bertz CT molecular complexity index is 4930. The molecule has 4 heterocycles. The van der Waals surface area contributed by atoms with Gasteiger partial charge in [0.15, 0.2) is 18.1 Å². The Balaban J connectivity index is 0.000000308. The van der Waals surface area contributed by atoms with Crippen molar-refractivity contribution in [2.75, 3.05) is 25.2 Å². The molecular formula is C54H51Cl3N12O21S6-6. The Morgan fingerprint density at radius 2 is 0.875 bits per heavy atom. The maximum atomic E-state index is 14.1. The minimum absolute atomic E-state index is 0. The van der Waals surface area contributed by atoms with Crippen LogP contribution in [0.1, 0.15) is 44.9 Å². The number of aryl methyl sites for hydroxylation is 3. The standard InChI is InChI=1S/C36H38Cl2N8O14S4.C17H15ClN4O7S2.CH4/c1-19-11-31-29(15-27(19)37)39-41-33-21(3)43-45(35(33)47)24-8-6-10-26(14-24)62(52,53,54)18-64(58,59,60)32-12-20(2)28(38)16-30(32)40-42-34-22(4)44-46(36(34)48)23-7-5-9-25(13-23)61(49,50,51)17-63(31,55,56)57;1-9-6-15(31(27,28)29)14(8-13(9)18)19-20-16-10(2)21-22(17(16)23)11-4-3-5-12(7-11)30(24,25)26;/h5-16,33-34H,17-18H2,1-4H3,(H2,49,50,51)(H2,52,53,54)(H2,55,56,57)(H2,58,59,60);3-8,16H,1-2H3,(H,24,25,26)(H,27,28,29);1H4/p-6. The lowest BCUT2D eigenvalue weighted by molar-refractivity contribution is -0.118. The van der Waals surface area contributed by atoms with E-state index in [1.54, 1.807) is 0 Å². The second-order valence-corrected chi connectivity index (χ2v) is 37.3. The summed E-state index contributed by atoms with van der Waals surface area (Å²) in [6.45, 7) is 8.05. The largest absolute Gasteiger partial charge is 0.765 e. The smallest absolute Gasteiger partial charge is 0.280 e. The second kappa shape index (κ2) is 24.5. The summed E-state index contributed by atoms with van der Waals surface area (Å²) < 4.78 is 226. The van der Waals surface area contributed by atoms with Crippen molar-refractivity contribution < 1.29 is 93.6 Å². The summed E-state index contributed by atoms with van der Waals surface area (Å²) >= 11 is 18.5. The molecule has 3 atom stereocenters. The zero-order valence-electron chi connectivity index (χ0n) is 49.2. The monoisotopic (exact) mass is 1500 g/mol. The molecule has 4 aliphatic heterocycles. The number of anilines is 3. The van der Waals surface area contributed by atoms with Crippen LogP contribution in [0.3, 0.4) is 0 Å². The fraction of sp³-hybridized carbons (Fsp3) is 0.222. The second-order valence-electron chi connectivity index (χ2n) is 21.8. The fourth-order valence-corrected chi connectivity index (χ4v) is 22.4. The number of sulfone groups is 4. The van der Waals surface area contributed by atoms with E-state index in [1.165, 1.54) is 53.7 Å². The van der Waals surface area contributed by atoms with Gasteiger partial charge in [0.25, 0.3) is 17.7 Å². The first-order chi connectivity index (χ1) is 43.4. The number of fused-ring (bicyclic) bond motifs is 12. The number of carbonyl (C=O) groups is 3. The van der Waals surface area contributed by atoms with Gasteiger partial charge in [0.1, 0.15) is 37.3 Å². The van der Waals surface area contributed by atoms with Crippen molar-refractivity contribution >= 4 is 163 Å². The van der Waals surface area contributed by atoms with Crippen LogP contribution in [0.15, 0.2) is 185 Å². The van der Waals surface area contributed by atoms with E-state index in [2.05, 4.69) is 46.0 Å². The normalized spacial score (nSPS) is 23.8. The van der Waals surface area contributed by atoms with E-state index in [-0.39, 0.29) is 62.1 Å². The van der Waals surface area contributed by atoms with Crippen molar-refractivity contribution in [1.82, 2.24) is 0 Å². The molecule has 0 radical (unpaired) electrons. The van der Waals surface area contributed by atoms with Gasteiger partial charge in [0, 0.05) is 24.9 Å². The molecule has 33 nitrogen and oxygen atoms in total. The highest BCUT2D eigenvalue weighted by Gasteiger charge is 2.44. The Hall–Kier alpha value is -7.49. The van der Waals surface area contributed by atoms with Crippen LogP contribution in [-0.2, 0) is 73.1 Å². The first-order valence-corrected chi connectivity index (χ1v) is 38.5. The van der Waals surface area contributed by atoms with Crippen molar-refractivity contribution in [1.29, 1.82) is 0 Å². The van der Waals surface area contributed by atoms with Crippen LogP contribution in [0.2, 0.25) is 15.1 Å². The Morgan fingerprint density at radius 3 is 1.29 bits per heavy atom. The molecule has 6 aromatic carbocycles. The van der Waals surface area contributed by atoms with Crippen LogP contribution in [0.25, 0.3) is 0 Å². The highest BCUT2D eigenvalue weighted by molar-refractivity contribution is 8.26. The lowest BCUT2D eigenvalue weighted by atomic mass is 10.2. The van der Waals surface area contributed by atoms with Gasteiger partial charge in [0.05, 0.1) is 63.9 Å². The first kappa shape index (κ1) is 74.3. The van der Waals surface area contributed by atoms with Crippen LogP contribution >= 0.6 is 34.8 Å². The molecule has 0 aromatic heterocycles. The minimum Gasteiger partial charge on any atom is -0.765 e. The molecule has 516 valence electrons. The highest BCUT2D eigenvalue weighted by Crippen LogP contribution is 2.49. The van der Waals surface area contributed by atoms with Crippen molar-refractivity contribution in [2.45, 2.75) is 96.5 Å². The van der Waals surface area contributed by atoms with Crippen molar-refractivity contribution in [3.05, 3.63) is 141 Å². The number of nitrogens with zero attached hydrogens (tertiary/aromatic N) is 12. The number of benzene rings is 6. The van der Waals surface area contributed by atoms with E-state index >= 15 is 0 Å². The Kier molecular flexibility index (Phi) is 19.0. The number of hydrogen-bond donors (Lipinski definition) is 4. The van der Waals surface area contributed by atoms with Crippen molar-refractivity contribution in [3.63, 3.8) is 0 Å². The molecule has 0 fully saturated rings. The predicted molar refractivity (Wildman–Crippen MR) is 346 cm³/mol. The van der Waals surface area contributed by atoms with E-state index in [0.717, 1.165) is 89.9 Å². The lowest BCUT2D eigenvalue weighted by Gasteiger charge is -2.54. The van der Waals surface area contributed by atoms with Gasteiger partial charge in [-0.25, -0.2) is 16.8 Å². The van der Waals surface area contributed by atoms with Crippen LogP contribution in [0, 0.1) is 20.8 Å². The van der Waals surface area contributed by atoms with Gasteiger partial charge >= 0.3 is 0 Å². The van der Waals surface area contributed by atoms with Gasteiger partial charge in [-0.1, -0.05) is 60.4 Å². The SMILES string of the molecule is C.CC1=NN(c2cccc(S(=O)(=O)[O-])c2)C(=O)C1N=Nc1cc(Cl)c(C)cc1S(=O)(=O)[O-].CC1=NN2C(=O)C1N=Nc1cc(Cl)c(C)cc1S(=O)([O-])(O)CS(=O)([O-])(O)c1cccc(c1)N1N=C(C)C(N=Nc3cc(Cl)c(C)cc3S(=O)([O-])(O)CS(=O)([O-])(O)c3cccc2c3)C1=O. The van der Waals surface area contributed by atoms with E-state index in [9.17, 15) is 93.6 Å². The summed E-state index contributed by atoms with van der Waals surface area (Å²) in [5.41, 5.74) is -2.62. The van der Waals surface area contributed by atoms with Crippen LogP contribution in [-0.4, -0.2) is 142 Å². The number of azo groups is 3. The van der Waals surface area contributed by atoms with Gasteiger partial charge in [-0.15, -0.1) is 0 Å². The summed E-state index contributed by atoms with van der Waals surface area (Å²) in [4.78, 5) is 34.3. The molecule has 0 saturated heterocycles. The Morgan fingerprint density at radius 1 is 0.500 bits per heavy atom. The minimum atomic E-state index is -7.06. The average Bonchev–Trinajstić information content (AvgIpc) is 0.953. The summed E-state index contributed by atoms with van der Waals surface area (Å²) in [5.74, 6) is -2.88. The third-order valence-electron chi connectivity index (χ3n) is 14.2. The summed E-state index contributed by atoms with van der Waals surface area (Å²) in [5, 5.41) is 32.0. The molecule has 0 aliphatic carbocycles. The maximum absolute atomic E-state index is 14.1. The molecule has 6 aromatic rings. The number of carbonyl (C=O) groups excluding carboxylic acids is 3.